The summed E-state index contributed by atoms with van der Waals surface area (Å²) in [6.07, 6.45) is 5.04. The zero-order valence-electron chi connectivity index (χ0n) is 12.1. The van der Waals surface area contributed by atoms with Gasteiger partial charge in [-0.2, -0.15) is 0 Å². The number of hydrogen-bond acceptors (Lipinski definition) is 4. The van der Waals surface area contributed by atoms with Gasteiger partial charge in [0.1, 0.15) is 5.75 Å². The molecule has 2 amide bonds. The maximum absolute atomic E-state index is 12.7. The Morgan fingerprint density at radius 3 is 2.36 bits per heavy atom. The minimum atomic E-state index is -0.435. The number of anilines is 1. The first-order valence-electron chi connectivity index (χ1n) is 7.41. The van der Waals surface area contributed by atoms with E-state index in [9.17, 15) is 14.4 Å². The molecule has 2 aliphatic carbocycles. The number of ether oxygens (including phenoxy) is 1. The van der Waals surface area contributed by atoms with Gasteiger partial charge in [-0.1, -0.05) is 18.2 Å². The molecule has 4 atom stereocenters. The van der Waals surface area contributed by atoms with Gasteiger partial charge in [-0.05, 0) is 30.4 Å². The van der Waals surface area contributed by atoms with Crippen molar-refractivity contribution in [2.24, 2.45) is 23.7 Å². The fourth-order valence-corrected chi connectivity index (χ4v) is 4.01. The highest BCUT2D eigenvalue weighted by Crippen LogP contribution is 2.53. The summed E-state index contributed by atoms with van der Waals surface area (Å²) in [6.45, 7) is 1.31. The number of fused-ring (bicyclic) bond motifs is 5. The van der Waals surface area contributed by atoms with Crippen LogP contribution in [-0.2, 0) is 14.4 Å². The van der Waals surface area contributed by atoms with Gasteiger partial charge < -0.3 is 4.74 Å². The van der Waals surface area contributed by atoms with Crippen LogP contribution in [0.3, 0.4) is 0 Å². The number of esters is 1. The SMILES string of the molecule is CC(=O)Oc1cccc(N2C(=O)[C@@H]3[C@H](C2=O)[C@@H]2C=C[C@@H]3C2)c1. The third-order valence-electron chi connectivity index (χ3n) is 4.81. The fraction of sp³-hybridized carbons (Fsp3) is 0.353. The lowest BCUT2D eigenvalue weighted by Gasteiger charge is -2.17. The Balaban J connectivity index is 1.68. The van der Waals surface area contributed by atoms with Gasteiger partial charge in [0.25, 0.3) is 0 Å². The number of carbonyl (C=O) groups is 3. The molecule has 1 saturated carbocycles. The highest BCUT2D eigenvalue weighted by Gasteiger charge is 2.59. The molecule has 0 aromatic heterocycles. The number of carbonyl (C=O) groups excluding carboxylic acids is 3. The number of rotatable bonds is 2. The summed E-state index contributed by atoms with van der Waals surface area (Å²) in [5, 5.41) is 0. The van der Waals surface area contributed by atoms with Crippen LogP contribution >= 0.6 is 0 Å². The molecule has 3 aliphatic rings. The average Bonchev–Trinajstić information content (AvgIpc) is 3.12. The number of benzene rings is 1. The molecule has 0 radical (unpaired) electrons. The molecule has 1 saturated heterocycles. The van der Waals surface area contributed by atoms with Crippen molar-refractivity contribution in [3.05, 3.63) is 36.4 Å². The Kier molecular flexibility index (Phi) is 2.73. The van der Waals surface area contributed by atoms with Crippen LogP contribution in [0.5, 0.6) is 5.75 Å². The average molecular weight is 297 g/mol. The second-order valence-corrected chi connectivity index (χ2v) is 6.10. The molecule has 0 unspecified atom stereocenters. The smallest absolute Gasteiger partial charge is 0.308 e. The summed E-state index contributed by atoms with van der Waals surface area (Å²) in [7, 11) is 0. The molecule has 0 spiro atoms. The van der Waals surface area contributed by atoms with Gasteiger partial charge in [0.15, 0.2) is 0 Å². The normalized spacial score (nSPS) is 31.8. The zero-order valence-corrected chi connectivity index (χ0v) is 12.1. The second kappa shape index (κ2) is 4.53. The van der Waals surface area contributed by atoms with Crippen LogP contribution in [0.25, 0.3) is 0 Å². The van der Waals surface area contributed by atoms with Crippen molar-refractivity contribution in [3.8, 4) is 5.75 Å². The lowest BCUT2D eigenvalue weighted by atomic mass is 9.85. The van der Waals surface area contributed by atoms with E-state index in [-0.39, 0.29) is 35.5 Å². The molecular formula is C17H15NO4. The summed E-state index contributed by atoms with van der Waals surface area (Å²) in [5.41, 5.74) is 0.475. The fourth-order valence-electron chi connectivity index (χ4n) is 4.01. The first-order valence-corrected chi connectivity index (χ1v) is 7.41. The summed E-state index contributed by atoms with van der Waals surface area (Å²) in [5.74, 6) is -0.432. The maximum atomic E-state index is 12.7. The highest BCUT2D eigenvalue weighted by atomic mass is 16.5. The van der Waals surface area contributed by atoms with Gasteiger partial charge in [0, 0.05) is 13.0 Å². The van der Waals surface area contributed by atoms with E-state index in [0.717, 1.165) is 6.42 Å². The summed E-state index contributed by atoms with van der Waals surface area (Å²) in [4.78, 5) is 37.7. The van der Waals surface area contributed by atoms with E-state index < -0.39 is 5.97 Å². The molecule has 112 valence electrons. The van der Waals surface area contributed by atoms with E-state index >= 15 is 0 Å². The number of allylic oxidation sites excluding steroid dienone is 2. The van der Waals surface area contributed by atoms with Crippen LogP contribution in [0.15, 0.2) is 36.4 Å². The van der Waals surface area contributed by atoms with E-state index in [1.54, 1.807) is 24.3 Å². The third kappa shape index (κ3) is 1.75. The highest BCUT2D eigenvalue weighted by molar-refractivity contribution is 6.22. The molecule has 0 N–H and O–H groups in total. The molecule has 1 heterocycles. The topological polar surface area (TPSA) is 63.7 Å². The lowest BCUT2D eigenvalue weighted by Crippen LogP contribution is -2.32. The monoisotopic (exact) mass is 297 g/mol. The van der Waals surface area contributed by atoms with Crippen molar-refractivity contribution in [1.82, 2.24) is 0 Å². The third-order valence-corrected chi connectivity index (χ3v) is 4.81. The van der Waals surface area contributed by atoms with Crippen molar-refractivity contribution < 1.29 is 19.1 Å². The quantitative estimate of drug-likeness (QED) is 0.362. The summed E-state index contributed by atoms with van der Waals surface area (Å²) < 4.78 is 5.03. The molecule has 5 heteroatoms. The number of hydrogen-bond donors (Lipinski definition) is 0. The van der Waals surface area contributed by atoms with Gasteiger partial charge in [-0.25, -0.2) is 4.90 Å². The minimum Gasteiger partial charge on any atom is -0.427 e. The molecule has 5 nitrogen and oxygen atoms in total. The zero-order chi connectivity index (χ0) is 15.4. The number of amides is 2. The van der Waals surface area contributed by atoms with E-state index in [4.69, 9.17) is 4.74 Å². The first kappa shape index (κ1) is 13.2. The summed E-state index contributed by atoms with van der Waals surface area (Å²) in [6, 6.07) is 6.56. The molecule has 1 aromatic carbocycles. The number of imide groups is 1. The molecule has 1 aliphatic heterocycles. The van der Waals surface area contributed by atoms with Gasteiger partial charge in [0.2, 0.25) is 11.8 Å². The molecule has 22 heavy (non-hydrogen) atoms. The minimum absolute atomic E-state index is 0.133. The Bertz CT molecular complexity index is 693. The lowest BCUT2D eigenvalue weighted by molar-refractivity contribution is -0.132. The van der Waals surface area contributed by atoms with E-state index in [1.165, 1.54) is 11.8 Å². The molecular weight excluding hydrogens is 282 g/mol. The van der Waals surface area contributed by atoms with Crippen LogP contribution < -0.4 is 9.64 Å². The first-order chi connectivity index (χ1) is 10.6. The predicted octanol–water partition coefficient (Wildman–Crippen LogP) is 1.92. The van der Waals surface area contributed by atoms with Crippen LogP contribution in [0, 0.1) is 23.7 Å². The molecule has 4 rings (SSSR count). The molecule has 2 bridgehead atoms. The van der Waals surface area contributed by atoms with E-state index in [2.05, 4.69) is 12.2 Å². The van der Waals surface area contributed by atoms with E-state index in [1.807, 2.05) is 0 Å². The number of nitrogens with zero attached hydrogens (tertiary/aromatic N) is 1. The van der Waals surface area contributed by atoms with Crippen molar-refractivity contribution in [2.45, 2.75) is 13.3 Å². The standard InChI is InChI=1S/C17H15NO4/c1-9(19)22-13-4-2-3-12(8-13)18-16(20)14-10-5-6-11(7-10)15(14)17(18)21/h2-6,8,10-11,14-15H,7H2,1H3/t10-,11-,14-,15+/m1/s1. The van der Waals surface area contributed by atoms with Gasteiger partial charge in [0.05, 0.1) is 17.5 Å². The Hall–Kier alpha value is -2.43. The van der Waals surface area contributed by atoms with Gasteiger partial charge in [-0.3, -0.25) is 14.4 Å². The Morgan fingerprint density at radius 2 is 1.77 bits per heavy atom. The van der Waals surface area contributed by atoms with Crippen molar-refractivity contribution in [1.29, 1.82) is 0 Å². The van der Waals surface area contributed by atoms with Crippen LogP contribution in [0.1, 0.15) is 13.3 Å². The van der Waals surface area contributed by atoms with E-state index in [0.29, 0.717) is 11.4 Å². The second-order valence-electron chi connectivity index (χ2n) is 6.10. The Morgan fingerprint density at radius 1 is 1.14 bits per heavy atom. The van der Waals surface area contributed by atoms with Crippen molar-refractivity contribution >= 4 is 23.5 Å². The van der Waals surface area contributed by atoms with Gasteiger partial charge in [-0.15, -0.1) is 0 Å². The largest absolute Gasteiger partial charge is 0.427 e. The predicted molar refractivity (Wildman–Crippen MR) is 78.0 cm³/mol. The van der Waals surface area contributed by atoms with Crippen LogP contribution in [-0.4, -0.2) is 17.8 Å². The maximum Gasteiger partial charge on any atom is 0.308 e. The molecule has 2 fully saturated rings. The van der Waals surface area contributed by atoms with Gasteiger partial charge >= 0.3 is 5.97 Å². The van der Waals surface area contributed by atoms with Crippen molar-refractivity contribution in [3.63, 3.8) is 0 Å². The van der Waals surface area contributed by atoms with Crippen molar-refractivity contribution in [2.75, 3.05) is 4.90 Å². The molecule has 1 aromatic rings. The van der Waals surface area contributed by atoms with Crippen LogP contribution in [0.4, 0.5) is 5.69 Å². The van der Waals surface area contributed by atoms with Crippen LogP contribution in [0.2, 0.25) is 0 Å². The summed E-state index contributed by atoms with van der Waals surface area (Å²) >= 11 is 0. The Labute approximate surface area is 127 Å².